The molecule has 2 saturated heterocycles. The lowest BCUT2D eigenvalue weighted by Crippen LogP contribution is -2.53. The van der Waals surface area contributed by atoms with Gasteiger partial charge in [0.1, 0.15) is 5.76 Å². The third-order valence-corrected chi connectivity index (χ3v) is 6.15. The van der Waals surface area contributed by atoms with Crippen molar-refractivity contribution in [1.29, 1.82) is 0 Å². The molecule has 0 radical (unpaired) electrons. The molecule has 2 unspecified atom stereocenters. The predicted octanol–water partition coefficient (Wildman–Crippen LogP) is 2.95. The van der Waals surface area contributed by atoms with Gasteiger partial charge in [-0.2, -0.15) is 0 Å². The molecule has 30 heavy (non-hydrogen) atoms. The Morgan fingerprint density at radius 1 is 1.03 bits per heavy atom. The third kappa shape index (κ3) is 7.39. The van der Waals surface area contributed by atoms with Gasteiger partial charge in [0.25, 0.3) is 0 Å². The predicted molar refractivity (Wildman–Crippen MR) is 133 cm³/mol. The average molecular weight is 533 g/mol. The first kappa shape index (κ1) is 25.4. The summed E-state index contributed by atoms with van der Waals surface area (Å²) in [5, 5.41) is 7.11. The van der Waals surface area contributed by atoms with E-state index in [4.69, 9.17) is 9.15 Å². The SMILES string of the molecule is CN=C(NCC(c1ccco1)N1CCCCC1)NCC(C(C)C)N1CCOCC1.I. The molecular weight excluding hydrogens is 493 g/mol. The summed E-state index contributed by atoms with van der Waals surface area (Å²) in [7, 11) is 1.84. The maximum atomic E-state index is 5.76. The Kier molecular flexibility index (Phi) is 11.5. The zero-order valence-electron chi connectivity index (χ0n) is 18.8. The molecule has 0 bridgehead atoms. The summed E-state index contributed by atoms with van der Waals surface area (Å²) < 4.78 is 11.3. The summed E-state index contributed by atoms with van der Waals surface area (Å²) in [6.45, 7) is 12.2. The highest BCUT2D eigenvalue weighted by atomic mass is 127. The zero-order valence-corrected chi connectivity index (χ0v) is 21.1. The van der Waals surface area contributed by atoms with E-state index in [1.165, 1.54) is 19.3 Å². The molecule has 1 aromatic rings. The molecule has 0 aromatic carbocycles. The molecule has 8 heteroatoms. The van der Waals surface area contributed by atoms with Crippen LogP contribution in [0.15, 0.2) is 27.8 Å². The molecule has 7 nitrogen and oxygen atoms in total. The normalized spacial score (nSPS) is 21.1. The Bertz CT molecular complexity index is 599. The molecule has 0 saturated carbocycles. The number of rotatable bonds is 8. The van der Waals surface area contributed by atoms with Crippen molar-refractivity contribution in [2.45, 2.75) is 45.2 Å². The highest BCUT2D eigenvalue weighted by molar-refractivity contribution is 14.0. The van der Waals surface area contributed by atoms with Crippen molar-refractivity contribution in [2.75, 3.05) is 59.5 Å². The number of hydrogen-bond acceptors (Lipinski definition) is 5. The number of hydrogen-bond donors (Lipinski definition) is 2. The van der Waals surface area contributed by atoms with Crippen LogP contribution in [-0.4, -0.2) is 81.3 Å². The van der Waals surface area contributed by atoms with E-state index >= 15 is 0 Å². The largest absolute Gasteiger partial charge is 0.468 e. The molecule has 3 rings (SSSR count). The second kappa shape index (κ2) is 13.5. The van der Waals surface area contributed by atoms with Gasteiger partial charge in [0.2, 0.25) is 0 Å². The maximum absolute atomic E-state index is 5.76. The van der Waals surface area contributed by atoms with Crippen molar-refractivity contribution < 1.29 is 9.15 Å². The number of guanidine groups is 1. The quantitative estimate of drug-likeness (QED) is 0.305. The molecule has 3 heterocycles. The van der Waals surface area contributed by atoms with E-state index in [-0.39, 0.29) is 30.0 Å². The van der Waals surface area contributed by atoms with Crippen molar-refractivity contribution in [2.24, 2.45) is 10.9 Å². The zero-order chi connectivity index (χ0) is 20.5. The van der Waals surface area contributed by atoms with E-state index in [1.54, 1.807) is 6.26 Å². The average Bonchev–Trinajstić information content (AvgIpc) is 3.28. The van der Waals surface area contributed by atoms with Gasteiger partial charge in [-0.3, -0.25) is 14.8 Å². The first-order chi connectivity index (χ1) is 14.2. The fraction of sp³-hybridized carbons (Fsp3) is 0.773. The smallest absolute Gasteiger partial charge is 0.191 e. The first-order valence-corrected chi connectivity index (χ1v) is 11.2. The van der Waals surface area contributed by atoms with Crippen molar-refractivity contribution >= 4 is 29.9 Å². The maximum Gasteiger partial charge on any atom is 0.191 e. The van der Waals surface area contributed by atoms with Gasteiger partial charge in [-0.15, -0.1) is 24.0 Å². The second-order valence-corrected chi connectivity index (χ2v) is 8.42. The molecule has 0 spiro atoms. The first-order valence-electron chi connectivity index (χ1n) is 11.2. The fourth-order valence-electron chi connectivity index (χ4n) is 4.43. The van der Waals surface area contributed by atoms with Crippen molar-refractivity contribution in [3.05, 3.63) is 24.2 Å². The Labute approximate surface area is 199 Å². The number of morpholine rings is 1. The number of halogens is 1. The Morgan fingerprint density at radius 2 is 1.73 bits per heavy atom. The number of furan rings is 1. The monoisotopic (exact) mass is 533 g/mol. The summed E-state index contributed by atoms with van der Waals surface area (Å²) in [5.74, 6) is 2.46. The van der Waals surface area contributed by atoms with Crippen LogP contribution in [-0.2, 0) is 4.74 Å². The summed E-state index contributed by atoms with van der Waals surface area (Å²) in [6.07, 6.45) is 5.63. The standard InChI is InChI=1S/C22H39N5O2.HI/c1-18(2)19(27-11-14-28-15-12-27)16-24-22(23-3)25-17-20(21-8-7-13-29-21)26-9-5-4-6-10-26;/h7-8,13,18-20H,4-6,9-12,14-17H2,1-3H3,(H2,23,24,25);1H. The molecular formula is C22H40IN5O2. The lowest BCUT2D eigenvalue weighted by Gasteiger charge is -2.37. The minimum atomic E-state index is 0. The number of ether oxygens (including phenoxy) is 1. The van der Waals surface area contributed by atoms with E-state index < -0.39 is 0 Å². The molecule has 2 fully saturated rings. The van der Waals surface area contributed by atoms with Gasteiger partial charge < -0.3 is 19.8 Å². The Morgan fingerprint density at radius 3 is 2.33 bits per heavy atom. The second-order valence-electron chi connectivity index (χ2n) is 8.42. The highest BCUT2D eigenvalue weighted by Gasteiger charge is 2.26. The number of nitrogens with one attached hydrogen (secondary N) is 2. The molecule has 2 atom stereocenters. The summed E-state index contributed by atoms with van der Waals surface area (Å²) in [4.78, 5) is 9.54. The van der Waals surface area contributed by atoms with Crippen molar-refractivity contribution in [3.8, 4) is 0 Å². The van der Waals surface area contributed by atoms with Gasteiger partial charge in [0.15, 0.2) is 5.96 Å². The molecule has 172 valence electrons. The van der Waals surface area contributed by atoms with Crippen molar-refractivity contribution in [1.82, 2.24) is 20.4 Å². The number of aliphatic imine (C=N–C) groups is 1. The lowest BCUT2D eigenvalue weighted by atomic mass is 10.0. The number of piperidine rings is 1. The van der Waals surface area contributed by atoms with Crippen LogP contribution < -0.4 is 10.6 Å². The van der Waals surface area contributed by atoms with Gasteiger partial charge in [-0.1, -0.05) is 20.3 Å². The molecule has 2 aliphatic heterocycles. The van der Waals surface area contributed by atoms with Crippen LogP contribution in [0.2, 0.25) is 0 Å². The van der Waals surface area contributed by atoms with Crippen LogP contribution in [0.1, 0.15) is 44.9 Å². The van der Waals surface area contributed by atoms with E-state index in [1.807, 2.05) is 13.1 Å². The molecule has 0 amide bonds. The van der Waals surface area contributed by atoms with Gasteiger partial charge in [0.05, 0.1) is 25.5 Å². The van der Waals surface area contributed by atoms with E-state index in [0.29, 0.717) is 12.0 Å². The van der Waals surface area contributed by atoms with Crippen LogP contribution in [0, 0.1) is 5.92 Å². The molecule has 1 aromatic heterocycles. The van der Waals surface area contributed by atoms with Gasteiger partial charge in [0, 0.05) is 39.3 Å². The Hall–Kier alpha value is -0.840. The van der Waals surface area contributed by atoms with Crippen LogP contribution in [0.25, 0.3) is 0 Å². The number of likely N-dealkylation sites (tertiary alicyclic amines) is 1. The van der Waals surface area contributed by atoms with Crippen LogP contribution in [0.4, 0.5) is 0 Å². The van der Waals surface area contributed by atoms with Gasteiger partial charge >= 0.3 is 0 Å². The van der Waals surface area contributed by atoms with E-state index in [0.717, 1.165) is 64.2 Å². The van der Waals surface area contributed by atoms with Gasteiger partial charge in [-0.05, 0) is 44.0 Å². The molecule has 2 N–H and O–H groups in total. The minimum Gasteiger partial charge on any atom is -0.468 e. The minimum absolute atomic E-state index is 0. The van der Waals surface area contributed by atoms with Crippen LogP contribution >= 0.6 is 24.0 Å². The molecule has 2 aliphatic rings. The van der Waals surface area contributed by atoms with E-state index in [2.05, 4.69) is 45.3 Å². The fourth-order valence-corrected chi connectivity index (χ4v) is 4.43. The topological polar surface area (TPSA) is 65.3 Å². The summed E-state index contributed by atoms with van der Waals surface area (Å²) >= 11 is 0. The lowest BCUT2D eigenvalue weighted by molar-refractivity contribution is 0.00751. The van der Waals surface area contributed by atoms with Crippen LogP contribution in [0.5, 0.6) is 0 Å². The van der Waals surface area contributed by atoms with Gasteiger partial charge in [-0.25, -0.2) is 0 Å². The summed E-state index contributed by atoms with van der Waals surface area (Å²) in [6, 6.07) is 4.78. The molecule has 0 aliphatic carbocycles. The van der Waals surface area contributed by atoms with E-state index in [9.17, 15) is 0 Å². The Balaban J connectivity index is 0.00000320. The summed E-state index contributed by atoms with van der Waals surface area (Å²) in [5.41, 5.74) is 0. The van der Waals surface area contributed by atoms with Crippen LogP contribution in [0.3, 0.4) is 0 Å². The highest BCUT2D eigenvalue weighted by Crippen LogP contribution is 2.24. The van der Waals surface area contributed by atoms with Crippen molar-refractivity contribution in [3.63, 3.8) is 0 Å². The third-order valence-electron chi connectivity index (χ3n) is 6.15. The number of nitrogens with zero attached hydrogens (tertiary/aromatic N) is 3.